The number of hydrogen-bond acceptors (Lipinski definition) is 6. The number of piperazine rings is 1. The molecule has 8 nitrogen and oxygen atoms in total. The molecule has 2 aromatic rings. The van der Waals surface area contributed by atoms with E-state index in [1.165, 1.54) is 12.1 Å². The minimum absolute atomic E-state index is 0.0434. The fraction of sp³-hybridized carbons (Fsp3) is 0.409. The van der Waals surface area contributed by atoms with Crippen molar-refractivity contribution in [3.05, 3.63) is 58.1 Å². The van der Waals surface area contributed by atoms with E-state index in [9.17, 15) is 14.9 Å². The van der Waals surface area contributed by atoms with Crippen molar-refractivity contribution >= 4 is 23.0 Å². The van der Waals surface area contributed by atoms with Crippen LogP contribution in [0.4, 0.5) is 17.1 Å². The number of nitro groups is 1. The standard InChI is InChI=1S/C22H26N4O4/c1-30-19-7-4-17(5-8-19)23-12-14-25(15-13-23)22(27)20-16-18(26(28)29)6-9-21(20)24-10-2-3-11-24/h4-9,16H,2-3,10-15H2,1H3. The van der Waals surface area contributed by atoms with Gasteiger partial charge in [-0.2, -0.15) is 0 Å². The molecule has 0 bridgehead atoms. The maximum atomic E-state index is 13.3. The molecule has 158 valence electrons. The van der Waals surface area contributed by atoms with Gasteiger partial charge in [-0.25, -0.2) is 0 Å². The van der Waals surface area contributed by atoms with Gasteiger partial charge in [0.05, 0.1) is 23.3 Å². The van der Waals surface area contributed by atoms with Crippen LogP contribution in [0.2, 0.25) is 0 Å². The largest absolute Gasteiger partial charge is 0.497 e. The Bertz CT molecular complexity index is 917. The molecule has 2 heterocycles. The quantitative estimate of drug-likeness (QED) is 0.557. The summed E-state index contributed by atoms with van der Waals surface area (Å²) in [6, 6.07) is 12.5. The summed E-state index contributed by atoms with van der Waals surface area (Å²) >= 11 is 0. The van der Waals surface area contributed by atoms with Gasteiger partial charge in [0.15, 0.2) is 0 Å². The van der Waals surface area contributed by atoms with Gasteiger partial charge in [-0.1, -0.05) is 0 Å². The van der Waals surface area contributed by atoms with E-state index in [4.69, 9.17) is 4.74 Å². The lowest BCUT2D eigenvalue weighted by Gasteiger charge is -2.36. The molecule has 30 heavy (non-hydrogen) atoms. The first-order chi connectivity index (χ1) is 14.6. The average Bonchev–Trinajstić information content (AvgIpc) is 3.33. The maximum absolute atomic E-state index is 13.3. The Morgan fingerprint density at radius 2 is 1.60 bits per heavy atom. The highest BCUT2D eigenvalue weighted by Crippen LogP contribution is 2.30. The van der Waals surface area contributed by atoms with Gasteiger partial charge in [0.25, 0.3) is 11.6 Å². The highest BCUT2D eigenvalue weighted by Gasteiger charge is 2.28. The van der Waals surface area contributed by atoms with Crippen molar-refractivity contribution in [3.63, 3.8) is 0 Å². The number of ether oxygens (including phenoxy) is 1. The van der Waals surface area contributed by atoms with Crippen LogP contribution in [0.3, 0.4) is 0 Å². The van der Waals surface area contributed by atoms with Crippen LogP contribution in [0.1, 0.15) is 23.2 Å². The minimum Gasteiger partial charge on any atom is -0.497 e. The molecule has 1 amide bonds. The normalized spacial score (nSPS) is 16.6. The second-order valence-corrected chi connectivity index (χ2v) is 7.63. The Labute approximate surface area is 175 Å². The Morgan fingerprint density at radius 3 is 2.20 bits per heavy atom. The van der Waals surface area contributed by atoms with Gasteiger partial charge < -0.3 is 19.4 Å². The van der Waals surface area contributed by atoms with Gasteiger partial charge in [0.2, 0.25) is 0 Å². The first-order valence-corrected chi connectivity index (χ1v) is 10.3. The van der Waals surface area contributed by atoms with Crippen LogP contribution in [0.25, 0.3) is 0 Å². The summed E-state index contributed by atoms with van der Waals surface area (Å²) in [6.07, 6.45) is 2.15. The number of rotatable bonds is 5. The molecule has 0 saturated carbocycles. The van der Waals surface area contributed by atoms with Crippen molar-refractivity contribution in [3.8, 4) is 5.75 Å². The summed E-state index contributed by atoms with van der Waals surface area (Å²) in [5.74, 6) is 0.683. The zero-order chi connectivity index (χ0) is 21.1. The monoisotopic (exact) mass is 410 g/mol. The number of methoxy groups -OCH3 is 1. The molecule has 2 saturated heterocycles. The van der Waals surface area contributed by atoms with E-state index >= 15 is 0 Å². The Morgan fingerprint density at radius 1 is 0.933 bits per heavy atom. The molecule has 2 aromatic carbocycles. The molecule has 2 fully saturated rings. The summed E-state index contributed by atoms with van der Waals surface area (Å²) in [5.41, 5.74) is 2.29. The molecule has 4 rings (SSSR count). The van der Waals surface area contributed by atoms with E-state index in [0.29, 0.717) is 31.7 Å². The predicted octanol–water partition coefficient (Wildman–Crippen LogP) is 3.17. The number of hydrogen-bond donors (Lipinski definition) is 0. The van der Waals surface area contributed by atoms with Crippen LogP contribution in [0, 0.1) is 10.1 Å². The fourth-order valence-electron chi connectivity index (χ4n) is 4.17. The highest BCUT2D eigenvalue weighted by molar-refractivity contribution is 6.00. The summed E-state index contributed by atoms with van der Waals surface area (Å²) in [4.78, 5) is 30.4. The molecule has 2 aliphatic heterocycles. The van der Waals surface area contributed by atoms with Crippen molar-refractivity contribution < 1.29 is 14.5 Å². The summed E-state index contributed by atoms with van der Waals surface area (Å²) in [7, 11) is 1.64. The molecule has 0 unspecified atom stereocenters. The summed E-state index contributed by atoms with van der Waals surface area (Å²) < 4.78 is 5.21. The zero-order valence-electron chi connectivity index (χ0n) is 17.1. The van der Waals surface area contributed by atoms with Crippen LogP contribution < -0.4 is 14.5 Å². The van der Waals surface area contributed by atoms with Crippen molar-refractivity contribution in [2.24, 2.45) is 0 Å². The fourth-order valence-corrected chi connectivity index (χ4v) is 4.17. The molecule has 0 N–H and O–H groups in total. The van der Waals surface area contributed by atoms with Crippen LogP contribution in [0.15, 0.2) is 42.5 Å². The van der Waals surface area contributed by atoms with E-state index < -0.39 is 4.92 Å². The number of benzene rings is 2. The predicted molar refractivity (Wildman–Crippen MR) is 116 cm³/mol. The van der Waals surface area contributed by atoms with Crippen LogP contribution in [0.5, 0.6) is 5.75 Å². The smallest absolute Gasteiger partial charge is 0.270 e. The molecule has 0 radical (unpaired) electrons. The number of carbonyl (C=O) groups excluding carboxylic acids is 1. The van der Waals surface area contributed by atoms with Crippen LogP contribution in [-0.2, 0) is 0 Å². The van der Waals surface area contributed by atoms with Crippen molar-refractivity contribution in [1.82, 2.24) is 4.90 Å². The van der Waals surface area contributed by atoms with Crippen molar-refractivity contribution in [1.29, 1.82) is 0 Å². The van der Waals surface area contributed by atoms with Gasteiger partial charge in [-0.05, 0) is 43.2 Å². The second-order valence-electron chi connectivity index (χ2n) is 7.63. The third-order valence-electron chi connectivity index (χ3n) is 5.87. The molecule has 0 spiro atoms. The molecule has 8 heteroatoms. The molecule has 0 aliphatic carbocycles. The Kier molecular flexibility index (Phi) is 5.74. The first kappa shape index (κ1) is 20.0. The van der Waals surface area contributed by atoms with Crippen molar-refractivity contribution in [2.45, 2.75) is 12.8 Å². The van der Waals surface area contributed by atoms with Gasteiger partial charge in [0, 0.05) is 57.1 Å². The topological polar surface area (TPSA) is 79.2 Å². The third-order valence-corrected chi connectivity index (χ3v) is 5.87. The van der Waals surface area contributed by atoms with Crippen molar-refractivity contribution in [2.75, 3.05) is 56.2 Å². The van der Waals surface area contributed by atoms with Gasteiger partial charge >= 0.3 is 0 Å². The highest BCUT2D eigenvalue weighted by atomic mass is 16.6. The first-order valence-electron chi connectivity index (χ1n) is 10.3. The third kappa shape index (κ3) is 4.03. The van der Waals surface area contributed by atoms with Gasteiger partial charge in [0.1, 0.15) is 5.75 Å². The lowest BCUT2D eigenvalue weighted by molar-refractivity contribution is -0.384. The molecular weight excluding hydrogens is 384 g/mol. The van der Waals surface area contributed by atoms with E-state index in [1.54, 1.807) is 18.1 Å². The maximum Gasteiger partial charge on any atom is 0.270 e. The molecular formula is C22H26N4O4. The average molecular weight is 410 g/mol. The van der Waals surface area contributed by atoms with Crippen LogP contribution >= 0.6 is 0 Å². The minimum atomic E-state index is -0.438. The van der Waals surface area contributed by atoms with E-state index in [1.807, 2.05) is 24.3 Å². The van der Waals surface area contributed by atoms with Crippen LogP contribution in [-0.4, -0.2) is 62.1 Å². The number of nitro benzene ring substituents is 1. The number of carbonyl (C=O) groups is 1. The number of anilines is 2. The molecule has 0 aromatic heterocycles. The number of nitrogens with zero attached hydrogens (tertiary/aromatic N) is 4. The van der Waals surface area contributed by atoms with E-state index in [0.717, 1.165) is 43.1 Å². The molecule has 0 atom stereocenters. The van der Waals surface area contributed by atoms with E-state index in [2.05, 4.69) is 9.80 Å². The summed E-state index contributed by atoms with van der Waals surface area (Å²) in [6.45, 7) is 4.34. The second kappa shape index (κ2) is 8.61. The Hall–Kier alpha value is -3.29. The SMILES string of the molecule is COc1ccc(N2CCN(C(=O)c3cc([N+](=O)[O-])ccc3N3CCCC3)CC2)cc1. The molecule has 2 aliphatic rings. The number of non-ortho nitro benzene ring substituents is 1. The Balaban J connectivity index is 1.50. The number of amides is 1. The van der Waals surface area contributed by atoms with E-state index in [-0.39, 0.29) is 11.6 Å². The van der Waals surface area contributed by atoms with Gasteiger partial charge in [-0.3, -0.25) is 14.9 Å². The zero-order valence-corrected chi connectivity index (χ0v) is 17.1. The lowest BCUT2D eigenvalue weighted by Crippen LogP contribution is -2.49. The lowest BCUT2D eigenvalue weighted by atomic mass is 10.1. The van der Waals surface area contributed by atoms with Gasteiger partial charge in [-0.15, -0.1) is 0 Å². The summed E-state index contributed by atoms with van der Waals surface area (Å²) in [5, 5.41) is 11.3.